The minimum absolute atomic E-state index is 0.259. The minimum Gasteiger partial charge on any atom is -0.465 e. The monoisotopic (exact) mass is 407 g/mol. The van der Waals surface area contributed by atoms with Crippen molar-refractivity contribution in [2.24, 2.45) is 10.9 Å². The molecule has 0 fully saturated rings. The second kappa shape index (κ2) is 8.43. The van der Waals surface area contributed by atoms with Crippen molar-refractivity contribution < 1.29 is 19.1 Å². The van der Waals surface area contributed by atoms with Gasteiger partial charge in [0.25, 0.3) is 0 Å². The summed E-state index contributed by atoms with van der Waals surface area (Å²) in [4.78, 5) is 29.6. The van der Waals surface area contributed by atoms with Crippen molar-refractivity contribution in [1.82, 2.24) is 0 Å². The summed E-state index contributed by atoms with van der Waals surface area (Å²) >= 11 is 3.41. The fourth-order valence-corrected chi connectivity index (χ4v) is 3.34. The molecule has 0 amide bonds. The molecule has 0 aliphatic carbocycles. The van der Waals surface area contributed by atoms with Crippen LogP contribution in [-0.4, -0.2) is 30.9 Å². The molecule has 0 saturated carbocycles. The van der Waals surface area contributed by atoms with Crippen molar-refractivity contribution in [3.05, 3.63) is 45.6 Å². The summed E-state index contributed by atoms with van der Waals surface area (Å²) in [5.41, 5.74) is 2.46. The van der Waals surface area contributed by atoms with E-state index in [1.807, 2.05) is 24.3 Å². The van der Waals surface area contributed by atoms with E-state index >= 15 is 0 Å². The van der Waals surface area contributed by atoms with Gasteiger partial charge in [0.05, 0.1) is 18.8 Å². The zero-order valence-electron chi connectivity index (χ0n) is 14.8. The molecule has 0 spiro atoms. The van der Waals surface area contributed by atoms with E-state index in [2.05, 4.69) is 20.9 Å². The van der Waals surface area contributed by atoms with Crippen molar-refractivity contribution in [1.29, 1.82) is 0 Å². The Bertz CT molecular complexity index is 721. The molecular formula is C19H22BrNO4. The maximum absolute atomic E-state index is 12.6. The fraction of sp³-hybridized carbons (Fsp3) is 0.421. The molecule has 0 bridgehead atoms. The normalized spacial score (nSPS) is 20.1. The number of halogens is 1. The SMILES string of the molecule is CCOC(=O)C1=C(C)N=C(C)C(C(=O)OCC)C1c1ccc(Br)cc1. The van der Waals surface area contributed by atoms with E-state index < -0.39 is 17.8 Å². The molecule has 1 heterocycles. The third-order valence-electron chi connectivity index (χ3n) is 4.09. The second-order valence-corrected chi connectivity index (χ2v) is 6.65. The number of hydrogen-bond donors (Lipinski definition) is 0. The largest absolute Gasteiger partial charge is 0.465 e. The van der Waals surface area contributed by atoms with Crippen LogP contribution in [0.15, 0.2) is 45.0 Å². The number of ether oxygens (including phenoxy) is 2. The molecule has 1 aliphatic rings. The highest BCUT2D eigenvalue weighted by atomic mass is 79.9. The average Bonchev–Trinajstić information content (AvgIpc) is 2.55. The molecule has 2 atom stereocenters. The topological polar surface area (TPSA) is 65.0 Å². The van der Waals surface area contributed by atoms with Crippen LogP contribution in [0.3, 0.4) is 0 Å². The van der Waals surface area contributed by atoms with Gasteiger partial charge >= 0.3 is 11.9 Å². The highest BCUT2D eigenvalue weighted by molar-refractivity contribution is 9.10. The van der Waals surface area contributed by atoms with E-state index in [1.54, 1.807) is 27.7 Å². The lowest BCUT2D eigenvalue weighted by molar-refractivity contribution is -0.146. The first kappa shape index (κ1) is 19.4. The van der Waals surface area contributed by atoms with E-state index in [1.165, 1.54) is 0 Å². The molecule has 1 aromatic carbocycles. The van der Waals surface area contributed by atoms with Crippen molar-refractivity contribution in [2.75, 3.05) is 13.2 Å². The van der Waals surface area contributed by atoms with Gasteiger partial charge < -0.3 is 9.47 Å². The Morgan fingerprint density at radius 1 is 1.08 bits per heavy atom. The third-order valence-corrected chi connectivity index (χ3v) is 4.62. The Morgan fingerprint density at radius 3 is 2.24 bits per heavy atom. The van der Waals surface area contributed by atoms with Crippen LogP contribution in [0.1, 0.15) is 39.2 Å². The van der Waals surface area contributed by atoms with Crippen LogP contribution in [0.4, 0.5) is 0 Å². The smallest absolute Gasteiger partial charge is 0.336 e. The summed E-state index contributed by atoms with van der Waals surface area (Å²) in [7, 11) is 0. The Kier molecular flexibility index (Phi) is 6.53. The number of hydrogen-bond acceptors (Lipinski definition) is 5. The van der Waals surface area contributed by atoms with Gasteiger partial charge in [-0.15, -0.1) is 0 Å². The van der Waals surface area contributed by atoms with Crippen LogP contribution in [0.5, 0.6) is 0 Å². The quantitative estimate of drug-likeness (QED) is 0.691. The Hall–Kier alpha value is -1.95. The molecular weight excluding hydrogens is 386 g/mol. The lowest BCUT2D eigenvalue weighted by Crippen LogP contribution is -2.36. The molecule has 0 aromatic heterocycles. The van der Waals surface area contributed by atoms with Crippen molar-refractivity contribution in [3.63, 3.8) is 0 Å². The van der Waals surface area contributed by atoms with Crippen LogP contribution in [0.2, 0.25) is 0 Å². The predicted octanol–water partition coefficient (Wildman–Crippen LogP) is 4.02. The summed E-state index contributed by atoms with van der Waals surface area (Å²) in [6.45, 7) is 7.60. The van der Waals surface area contributed by atoms with Gasteiger partial charge in [0.1, 0.15) is 5.92 Å². The van der Waals surface area contributed by atoms with Gasteiger partial charge in [0, 0.05) is 21.8 Å². The first-order valence-electron chi connectivity index (χ1n) is 8.25. The standard InChI is InChI=1S/C19H22BrNO4/c1-5-24-18(22)15-11(3)21-12(4)16(19(23)25-6-2)17(15)13-7-9-14(20)10-8-13/h7-10,15,17H,5-6H2,1-4H3. The summed E-state index contributed by atoms with van der Waals surface area (Å²) in [6, 6.07) is 7.56. The lowest BCUT2D eigenvalue weighted by atomic mass is 9.75. The van der Waals surface area contributed by atoms with Gasteiger partial charge in [-0.25, -0.2) is 4.79 Å². The molecule has 0 saturated heterocycles. The molecule has 134 valence electrons. The van der Waals surface area contributed by atoms with Crippen LogP contribution < -0.4 is 0 Å². The Morgan fingerprint density at radius 2 is 1.68 bits per heavy atom. The van der Waals surface area contributed by atoms with Crippen LogP contribution in [0.25, 0.3) is 0 Å². The molecule has 25 heavy (non-hydrogen) atoms. The number of esters is 2. The average molecular weight is 408 g/mol. The molecule has 0 radical (unpaired) electrons. The van der Waals surface area contributed by atoms with E-state index in [0.717, 1.165) is 10.0 Å². The highest BCUT2D eigenvalue weighted by Crippen LogP contribution is 2.40. The molecule has 6 heteroatoms. The van der Waals surface area contributed by atoms with E-state index in [9.17, 15) is 9.59 Å². The predicted molar refractivity (Wildman–Crippen MR) is 99.4 cm³/mol. The maximum Gasteiger partial charge on any atom is 0.336 e. The number of rotatable bonds is 5. The van der Waals surface area contributed by atoms with Gasteiger partial charge in [0.2, 0.25) is 0 Å². The van der Waals surface area contributed by atoms with Crippen LogP contribution in [-0.2, 0) is 19.1 Å². The number of benzene rings is 1. The molecule has 1 aromatic rings. The van der Waals surface area contributed by atoms with Crippen LogP contribution in [0, 0.1) is 5.92 Å². The van der Waals surface area contributed by atoms with E-state index in [-0.39, 0.29) is 19.2 Å². The number of aliphatic imine (C=N–C) groups is 1. The zero-order chi connectivity index (χ0) is 18.6. The number of carbonyl (C=O) groups is 2. The maximum atomic E-state index is 12.6. The van der Waals surface area contributed by atoms with Crippen molar-refractivity contribution in [3.8, 4) is 0 Å². The van der Waals surface area contributed by atoms with Gasteiger partial charge in [0.15, 0.2) is 0 Å². The molecule has 0 N–H and O–H groups in total. The summed E-state index contributed by atoms with van der Waals surface area (Å²) in [5, 5.41) is 0. The van der Waals surface area contributed by atoms with Crippen LogP contribution >= 0.6 is 15.9 Å². The number of nitrogens with zero attached hydrogens (tertiary/aromatic N) is 1. The summed E-state index contributed by atoms with van der Waals surface area (Å²) in [6.07, 6.45) is 0. The second-order valence-electron chi connectivity index (χ2n) is 5.73. The fourth-order valence-electron chi connectivity index (χ4n) is 3.08. The zero-order valence-corrected chi connectivity index (χ0v) is 16.4. The van der Waals surface area contributed by atoms with Gasteiger partial charge in [-0.3, -0.25) is 9.79 Å². The van der Waals surface area contributed by atoms with Crippen molar-refractivity contribution >= 4 is 33.6 Å². The Labute approximate surface area is 156 Å². The molecule has 5 nitrogen and oxygen atoms in total. The van der Waals surface area contributed by atoms with Crippen molar-refractivity contribution in [2.45, 2.75) is 33.6 Å². The first-order valence-corrected chi connectivity index (χ1v) is 9.05. The summed E-state index contributed by atoms with van der Waals surface area (Å²) < 4.78 is 11.4. The lowest BCUT2D eigenvalue weighted by Gasteiger charge is -2.31. The molecule has 2 rings (SSSR count). The van der Waals surface area contributed by atoms with E-state index in [4.69, 9.17) is 9.47 Å². The summed E-state index contributed by atoms with van der Waals surface area (Å²) in [5.74, 6) is -1.96. The number of carbonyl (C=O) groups excluding carboxylic acids is 2. The highest BCUT2D eigenvalue weighted by Gasteiger charge is 2.42. The van der Waals surface area contributed by atoms with Gasteiger partial charge in [-0.1, -0.05) is 28.1 Å². The first-order chi connectivity index (χ1) is 11.9. The molecule has 2 unspecified atom stereocenters. The Balaban J connectivity index is 2.60. The van der Waals surface area contributed by atoms with E-state index in [0.29, 0.717) is 17.0 Å². The number of allylic oxidation sites excluding steroid dienone is 1. The van der Waals surface area contributed by atoms with Gasteiger partial charge in [-0.05, 0) is 45.4 Å². The van der Waals surface area contributed by atoms with Gasteiger partial charge in [-0.2, -0.15) is 0 Å². The minimum atomic E-state index is -0.649. The third kappa shape index (κ3) is 4.18. The molecule has 1 aliphatic heterocycles.